The van der Waals surface area contributed by atoms with E-state index in [0.717, 1.165) is 0 Å². The van der Waals surface area contributed by atoms with E-state index in [-0.39, 0.29) is 5.56 Å². The first-order valence-corrected chi connectivity index (χ1v) is 7.19. The predicted octanol–water partition coefficient (Wildman–Crippen LogP) is 4.10. The fraction of sp³-hybridized carbons (Fsp3) is 0. The zero-order chi connectivity index (χ0) is 16.4. The third-order valence-corrected chi connectivity index (χ3v) is 3.74. The SMILES string of the molecule is O=C(NC(=O)c1ccc2ncoc2c1)Nc1ccc(Cl)c(Cl)c1. The highest BCUT2D eigenvalue weighted by atomic mass is 35.5. The minimum absolute atomic E-state index is 0.276. The first kappa shape index (κ1) is 15.3. The Morgan fingerprint density at radius 1 is 1.04 bits per heavy atom. The second-order valence-electron chi connectivity index (χ2n) is 4.57. The lowest BCUT2D eigenvalue weighted by Gasteiger charge is -2.07. The maximum atomic E-state index is 12.1. The number of nitrogens with one attached hydrogen (secondary N) is 2. The van der Waals surface area contributed by atoms with Gasteiger partial charge in [0.15, 0.2) is 12.0 Å². The lowest BCUT2D eigenvalue weighted by molar-refractivity contribution is 0.0967. The van der Waals surface area contributed by atoms with Crippen LogP contribution in [0.25, 0.3) is 11.1 Å². The van der Waals surface area contributed by atoms with Crippen LogP contribution in [0.1, 0.15) is 10.4 Å². The molecule has 0 aliphatic heterocycles. The minimum Gasteiger partial charge on any atom is -0.443 e. The lowest BCUT2D eigenvalue weighted by atomic mass is 10.2. The normalized spacial score (nSPS) is 10.5. The molecule has 6 nitrogen and oxygen atoms in total. The van der Waals surface area contributed by atoms with Gasteiger partial charge < -0.3 is 9.73 Å². The third-order valence-electron chi connectivity index (χ3n) is 3.00. The molecule has 0 fully saturated rings. The average Bonchev–Trinajstić information content (AvgIpc) is 2.98. The van der Waals surface area contributed by atoms with Gasteiger partial charge in [0.2, 0.25) is 0 Å². The highest BCUT2D eigenvalue weighted by molar-refractivity contribution is 6.42. The lowest BCUT2D eigenvalue weighted by Crippen LogP contribution is -2.34. The van der Waals surface area contributed by atoms with E-state index in [1.54, 1.807) is 24.3 Å². The number of nitrogens with zero attached hydrogens (tertiary/aromatic N) is 1. The number of hydrogen-bond donors (Lipinski definition) is 2. The van der Waals surface area contributed by atoms with E-state index in [0.29, 0.717) is 26.8 Å². The second-order valence-corrected chi connectivity index (χ2v) is 5.39. The summed E-state index contributed by atoms with van der Waals surface area (Å²) in [6, 6.07) is 8.58. The molecular formula is C15H9Cl2N3O3. The number of imide groups is 1. The van der Waals surface area contributed by atoms with E-state index < -0.39 is 11.9 Å². The van der Waals surface area contributed by atoms with Crippen molar-refractivity contribution in [2.24, 2.45) is 0 Å². The van der Waals surface area contributed by atoms with E-state index in [9.17, 15) is 9.59 Å². The molecule has 116 valence electrons. The van der Waals surface area contributed by atoms with Crippen LogP contribution in [0.5, 0.6) is 0 Å². The Morgan fingerprint density at radius 3 is 2.65 bits per heavy atom. The van der Waals surface area contributed by atoms with E-state index in [2.05, 4.69) is 15.6 Å². The fourth-order valence-electron chi connectivity index (χ4n) is 1.91. The van der Waals surface area contributed by atoms with Crippen LogP contribution in [-0.4, -0.2) is 16.9 Å². The number of amides is 3. The molecule has 1 heterocycles. The maximum Gasteiger partial charge on any atom is 0.326 e. The van der Waals surface area contributed by atoms with Crippen LogP contribution < -0.4 is 10.6 Å². The summed E-state index contributed by atoms with van der Waals surface area (Å²) in [5.41, 5.74) is 1.78. The Labute approximate surface area is 140 Å². The molecule has 0 saturated heterocycles. The largest absolute Gasteiger partial charge is 0.443 e. The first-order valence-electron chi connectivity index (χ1n) is 6.43. The van der Waals surface area contributed by atoms with Crippen molar-refractivity contribution in [2.75, 3.05) is 5.32 Å². The van der Waals surface area contributed by atoms with Crippen molar-refractivity contribution in [1.29, 1.82) is 0 Å². The molecule has 0 aliphatic carbocycles. The first-order chi connectivity index (χ1) is 11.0. The van der Waals surface area contributed by atoms with Crippen molar-refractivity contribution in [1.82, 2.24) is 10.3 Å². The molecule has 3 aromatic rings. The van der Waals surface area contributed by atoms with Crippen molar-refractivity contribution >= 4 is 51.9 Å². The number of aromatic nitrogens is 1. The van der Waals surface area contributed by atoms with Crippen LogP contribution in [0, 0.1) is 0 Å². The third kappa shape index (κ3) is 3.44. The molecule has 3 rings (SSSR count). The van der Waals surface area contributed by atoms with Crippen LogP contribution >= 0.6 is 23.2 Å². The average molecular weight is 350 g/mol. The highest BCUT2D eigenvalue weighted by Gasteiger charge is 2.12. The van der Waals surface area contributed by atoms with Gasteiger partial charge in [-0.15, -0.1) is 0 Å². The molecule has 0 radical (unpaired) electrons. The summed E-state index contributed by atoms with van der Waals surface area (Å²) < 4.78 is 5.11. The molecule has 2 aromatic carbocycles. The smallest absolute Gasteiger partial charge is 0.326 e. The summed E-state index contributed by atoms with van der Waals surface area (Å²) in [4.78, 5) is 27.9. The van der Waals surface area contributed by atoms with Gasteiger partial charge in [-0.05, 0) is 36.4 Å². The molecule has 0 aliphatic rings. The number of anilines is 1. The van der Waals surface area contributed by atoms with Crippen molar-refractivity contribution in [3.05, 3.63) is 58.4 Å². The van der Waals surface area contributed by atoms with Gasteiger partial charge >= 0.3 is 6.03 Å². The number of halogens is 2. The monoisotopic (exact) mass is 349 g/mol. The van der Waals surface area contributed by atoms with Gasteiger partial charge in [0.25, 0.3) is 5.91 Å². The molecule has 0 spiro atoms. The number of carbonyl (C=O) groups excluding carboxylic acids is 2. The summed E-state index contributed by atoms with van der Waals surface area (Å²) in [7, 11) is 0. The summed E-state index contributed by atoms with van der Waals surface area (Å²) in [6.45, 7) is 0. The van der Waals surface area contributed by atoms with E-state index >= 15 is 0 Å². The number of fused-ring (bicyclic) bond motifs is 1. The molecule has 3 amide bonds. The summed E-state index contributed by atoms with van der Waals surface area (Å²) >= 11 is 11.6. The van der Waals surface area contributed by atoms with Crippen molar-refractivity contribution in [3.8, 4) is 0 Å². The highest BCUT2D eigenvalue weighted by Crippen LogP contribution is 2.24. The molecule has 0 saturated carbocycles. The number of rotatable bonds is 2. The van der Waals surface area contributed by atoms with Crippen LogP contribution in [0.3, 0.4) is 0 Å². The zero-order valence-electron chi connectivity index (χ0n) is 11.5. The zero-order valence-corrected chi connectivity index (χ0v) is 13.0. The molecule has 1 aromatic heterocycles. The van der Waals surface area contributed by atoms with Gasteiger partial charge in [-0.3, -0.25) is 10.1 Å². The minimum atomic E-state index is -0.689. The Kier molecular flexibility index (Phi) is 4.18. The molecular weight excluding hydrogens is 341 g/mol. The number of carbonyl (C=O) groups is 2. The number of urea groups is 1. The Bertz CT molecular complexity index is 908. The van der Waals surface area contributed by atoms with Gasteiger partial charge in [-0.1, -0.05) is 23.2 Å². The van der Waals surface area contributed by atoms with E-state index in [1.165, 1.54) is 18.5 Å². The number of oxazole rings is 1. The molecule has 0 atom stereocenters. The van der Waals surface area contributed by atoms with Gasteiger partial charge in [0, 0.05) is 11.3 Å². The molecule has 23 heavy (non-hydrogen) atoms. The molecule has 0 unspecified atom stereocenters. The Morgan fingerprint density at radius 2 is 1.87 bits per heavy atom. The number of hydrogen-bond acceptors (Lipinski definition) is 4. The maximum absolute atomic E-state index is 12.1. The van der Waals surface area contributed by atoms with Crippen molar-refractivity contribution in [3.63, 3.8) is 0 Å². The van der Waals surface area contributed by atoms with Crippen molar-refractivity contribution < 1.29 is 14.0 Å². The topological polar surface area (TPSA) is 84.2 Å². The standard InChI is InChI=1S/C15H9Cl2N3O3/c16-10-3-2-9(6-11(10)17)19-15(22)20-14(21)8-1-4-12-13(5-8)23-7-18-12/h1-7H,(H2,19,20,21,22). The van der Waals surface area contributed by atoms with Crippen LogP contribution in [0.2, 0.25) is 10.0 Å². The number of benzene rings is 2. The summed E-state index contributed by atoms with van der Waals surface area (Å²) in [6.07, 6.45) is 1.28. The molecule has 0 bridgehead atoms. The van der Waals surface area contributed by atoms with Crippen LogP contribution in [0.15, 0.2) is 47.2 Å². The van der Waals surface area contributed by atoms with Gasteiger partial charge in [-0.2, -0.15) is 0 Å². The van der Waals surface area contributed by atoms with Gasteiger partial charge in [-0.25, -0.2) is 9.78 Å². The molecule has 8 heteroatoms. The summed E-state index contributed by atoms with van der Waals surface area (Å²) in [5.74, 6) is -0.569. The molecule has 2 N–H and O–H groups in total. The van der Waals surface area contributed by atoms with Gasteiger partial charge in [0.1, 0.15) is 5.52 Å². The Balaban J connectivity index is 1.68. The Hall–Kier alpha value is -2.57. The predicted molar refractivity (Wildman–Crippen MR) is 87.0 cm³/mol. The van der Waals surface area contributed by atoms with Gasteiger partial charge in [0.05, 0.1) is 10.0 Å². The van der Waals surface area contributed by atoms with Crippen LogP contribution in [-0.2, 0) is 0 Å². The fourth-order valence-corrected chi connectivity index (χ4v) is 2.21. The summed E-state index contributed by atoms with van der Waals surface area (Å²) in [5, 5.41) is 5.37. The van der Waals surface area contributed by atoms with E-state index in [4.69, 9.17) is 27.6 Å². The quantitative estimate of drug-likeness (QED) is 0.729. The second kappa shape index (κ2) is 6.28. The van der Waals surface area contributed by atoms with Crippen LogP contribution in [0.4, 0.5) is 10.5 Å². The van der Waals surface area contributed by atoms with Crippen molar-refractivity contribution in [2.45, 2.75) is 0 Å². The van der Waals surface area contributed by atoms with E-state index in [1.807, 2.05) is 0 Å².